The lowest BCUT2D eigenvalue weighted by molar-refractivity contribution is -0.432. The predicted octanol–water partition coefficient (Wildman–Crippen LogP) is 7.53. The van der Waals surface area contributed by atoms with E-state index in [0.717, 1.165) is 18.1 Å². The average Bonchev–Trinajstić information content (AvgIpc) is 3.25. The summed E-state index contributed by atoms with van der Waals surface area (Å²) in [5.41, 5.74) is 2.34. The number of aryl methyl sites for hydroxylation is 1. The molecular weight excluding hydrogens is 1000 g/mol. The number of benzene rings is 5. The summed E-state index contributed by atoms with van der Waals surface area (Å²) < 4.78 is 141. The SMILES string of the molecule is Cc1cc(Nc2nc(NCCS(=O)(=O)O)nc(Nc3ccc(N=Nc4cccc(SOOO)c4)cc3OCCCS(=O)(=O)O)n2)ccc1N=Nc1ccc2cc(S(=O)(=O)O)cc(S(=O)(=O)O)c2c1. The third kappa shape index (κ3) is 15.3. The minimum Gasteiger partial charge on any atom is -0.491 e. The van der Waals surface area contributed by atoms with E-state index >= 15 is 0 Å². The van der Waals surface area contributed by atoms with E-state index in [-0.39, 0.29) is 71.0 Å². The van der Waals surface area contributed by atoms with Crippen LogP contribution in [0.1, 0.15) is 12.0 Å². The summed E-state index contributed by atoms with van der Waals surface area (Å²) in [6, 6.07) is 21.5. The van der Waals surface area contributed by atoms with Gasteiger partial charge in [0.1, 0.15) is 10.6 Å². The Morgan fingerprint density at radius 3 is 2.00 bits per heavy atom. The van der Waals surface area contributed by atoms with Crippen LogP contribution in [0.4, 0.5) is 52.0 Å². The molecule has 0 aliphatic rings. The van der Waals surface area contributed by atoms with Crippen molar-refractivity contribution in [1.82, 2.24) is 15.0 Å². The maximum atomic E-state index is 12.1. The van der Waals surface area contributed by atoms with Crippen LogP contribution in [-0.4, -0.2) is 96.7 Å². The summed E-state index contributed by atoms with van der Waals surface area (Å²) in [5.74, 6) is -1.52. The number of aromatic nitrogens is 3. The molecule has 5 aromatic carbocycles. The largest absolute Gasteiger partial charge is 0.491 e. The highest BCUT2D eigenvalue weighted by Gasteiger charge is 2.21. The standard InChI is InChI=1S/C37H36N10O16S5/c1-22-16-24(8-10-31(22)47-46-26-7-6-23-17-29(67(55,56)57)21-34(30(23)19-26)68(58,59)60)39-36-41-35(38-12-15-66(52,53)54)42-37(43-36)40-32-11-9-27(20-33(32)61-13-3-14-65(49,50)51)45-44-25-4-2-5-28(18-25)64-63-62-48/h2,4-11,16-21,48H,3,12-15H2,1H3,(H,49,50,51)(H,52,53,54)(H,55,56,57)(H,58,59,60)(H3,38,39,40,41,42,43). The van der Waals surface area contributed by atoms with Gasteiger partial charge in [0.2, 0.25) is 17.8 Å². The molecule has 8 N–H and O–H groups in total. The third-order valence-electron chi connectivity index (χ3n) is 8.73. The maximum absolute atomic E-state index is 12.1. The maximum Gasteiger partial charge on any atom is 0.295 e. The fraction of sp³-hybridized carbons (Fsp3) is 0.162. The summed E-state index contributed by atoms with van der Waals surface area (Å²) >= 11 is 0.717. The third-order valence-corrected chi connectivity index (χ3v) is 12.6. The minimum absolute atomic E-state index is 0.0627. The van der Waals surface area contributed by atoms with Crippen molar-refractivity contribution in [3.8, 4) is 5.75 Å². The molecule has 360 valence electrons. The molecule has 0 saturated heterocycles. The molecule has 0 aliphatic heterocycles. The Hall–Kier alpha value is -6.36. The molecule has 0 spiro atoms. The molecule has 68 heavy (non-hydrogen) atoms. The van der Waals surface area contributed by atoms with Gasteiger partial charge < -0.3 is 20.7 Å². The zero-order valence-electron chi connectivity index (χ0n) is 34.6. The molecule has 0 fully saturated rings. The van der Waals surface area contributed by atoms with E-state index in [1.165, 1.54) is 30.3 Å². The number of hydrogen-bond acceptors (Lipinski definition) is 23. The second-order valence-corrected chi connectivity index (χ2v) is 20.6. The van der Waals surface area contributed by atoms with Crippen molar-refractivity contribution in [2.24, 2.45) is 20.5 Å². The molecule has 0 radical (unpaired) electrons. The highest BCUT2D eigenvalue weighted by Crippen LogP contribution is 2.35. The second-order valence-electron chi connectivity index (χ2n) is 13.8. The first-order chi connectivity index (χ1) is 32.0. The van der Waals surface area contributed by atoms with E-state index in [1.807, 2.05) is 0 Å². The van der Waals surface area contributed by atoms with E-state index < -0.39 is 61.8 Å². The van der Waals surface area contributed by atoms with Gasteiger partial charge in [0.25, 0.3) is 40.5 Å². The number of fused-ring (bicyclic) bond motifs is 1. The number of nitrogens with zero attached hydrogens (tertiary/aromatic N) is 7. The Labute approximate surface area is 391 Å². The topological polar surface area (TPSA) is 390 Å². The molecule has 1 aromatic heterocycles. The predicted molar refractivity (Wildman–Crippen MR) is 244 cm³/mol. The first-order valence-corrected chi connectivity index (χ1v) is 25.8. The Kier molecular flexibility index (Phi) is 16.3. The Bertz CT molecular complexity index is 3370. The average molecular weight is 1040 g/mol. The minimum atomic E-state index is -4.95. The van der Waals surface area contributed by atoms with Crippen LogP contribution in [0.5, 0.6) is 5.75 Å². The highest BCUT2D eigenvalue weighted by molar-refractivity contribution is 7.94. The summed E-state index contributed by atoms with van der Waals surface area (Å²) in [5, 5.41) is 37.6. The summed E-state index contributed by atoms with van der Waals surface area (Å²) in [6.07, 6.45) is -0.0979. The van der Waals surface area contributed by atoms with Gasteiger partial charge in [-0.15, -0.1) is 4.33 Å². The van der Waals surface area contributed by atoms with Crippen molar-refractivity contribution in [3.63, 3.8) is 0 Å². The van der Waals surface area contributed by atoms with Gasteiger partial charge >= 0.3 is 0 Å². The van der Waals surface area contributed by atoms with Gasteiger partial charge in [-0.3, -0.25) is 18.2 Å². The summed E-state index contributed by atoms with van der Waals surface area (Å²) in [7, 11) is -18.4. The molecule has 1 heterocycles. The number of ether oxygens (including phenoxy) is 1. The van der Waals surface area contributed by atoms with Crippen LogP contribution in [0.25, 0.3) is 10.8 Å². The molecule has 0 amide bonds. The number of anilines is 5. The van der Waals surface area contributed by atoms with E-state index in [9.17, 15) is 51.9 Å². The van der Waals surface area contributed by atoms with Crippen LogP contribution in [0, 0.1) is 6.92 Å². The van der Waals surface area contributed by atoms with E-state index in [2.05, 4.69) is 60.7 Å². The van der Waals surface area contributed by atoms with Crippen LogP contribution in [-0.2, 0) is 49.8 Å². The highest BCUT2D eigenvalue weighted by atomic mass is 32.2. The normalized spacial score (nSPS) is 12.5. The molecular formula is C37H36N10O16S5. The van der Waals surface area contributed by atoms with Crippen molar-refractivity contribution < 1.29 is 71.2 Å². The van der Waals surface area contributed by atoms with E-state index in [1.54, 1.807) is 55.5 Å². The molecule has 6 aromatic rings. The number of rotatable bonds is 22. The fourth-order valence-electron chi connectivity index (χ4n) is 5.76. The van der Waals surface area contributed by atoms with Crippen molar-refractivity contribution in [1.29, 1.82) is 0 Å². The molecule has 0 bridgehead atoms. The monoisotopic (exact) mass is 1040 g/mol. The van der Waals surface area contributed by atoms with E-state index in [4.69, 9.17) is 9.99 Å². The second kappa shape index (κ2) is 21.7. The van der Waals surface area contributed by atoms with Gasteiger partial charge in [-0.25, -0.2) is 5.26 Å². The first-order valence-electron chi connectivity index (χ1n) is 18.9. The van der Waals surface area contributed by atoms with Gasteiger partial charge in [0.15, 0.2) is 0 Å². The van der Waals surface area contributed by atoms with Crippen molar-refractivity contribution in [2.75, 3.05) is 40.6 Å². The lowest BCUT2D eigenvalue weighted by atomic mass is 10.1. The van der Waals surface area contributed by atoms with Crippen LogP contribution in [0.15, 0.2) is 126 Å². The van der Waals surface area contributed by atoms with Crippen LogP contribution in [0.3, 0.4) is 0 Å². The van der Waals surface area contributed by atoms with Gasteiger partial charge in [-0.05, 0) is 97.1 Å². The quantitative estimate of drug-likeness (QED) is 0.00813. The zero-order valence-corrected chi connectivity index (χ0v) is 38.7. The molecule has 26 nitrogen and oxygen atoms in total. The number of hydrogen-bond donors (Lipinski definition) is 8. The van der Waals surface area contributed by atoms with Gasteiger partial charge in [-0.2, -0.15) is 69.1 Å². The van der Waals surface area contributed by atoms with Gasteiger partial charge in [0, 0.05) is 28.6 Å². The van der Waals surface area contributed by atoms with Crippen molar-refractivity contribution in [2.45, 2.75) is 28.0 Å². The van der Waals surface area contributed by atoms with Crippen molar-refractivity contribution in [3.05, 3.63) is 96.6 Å². The molecule has 0 aliphatic carbocycles. The van der Waals surface area contributed by atoms with Gasteiger partial charge in [0.05, 0.1) is 63.5 Å². The zero-order chi connectivity index (χ0) is 49.3. The number of nitrogens with one attached hydrogen (secondary N) is 3. The summed E-state index contributed by atoms with van der Waals surface area (Å²) in [4.78, 5) is 12.0. The molecule has 31 heteroatoms. The smallest absolute Gasteiger partial charge is 0.295 e. The summed E-state index contributed by atoms with van der Waals surface area (Å²) in [6.45, 7) is 1.20. The molecule has 6 rings (SSSR count). The Balaban J connectivity index is 1.27. The van der Waals surface area contributed by atoms with Gasteiger partial charge in [-0.1, -0.05) is 17.2 Å². The van der Waals surface area contributed by atoms with Crippen LogP contribution in [0.2, 0.25) is 0 Å². The fourth-order valence-corrected chi connectivity index (χ4v) is 8.36. The van der Waals surface area contributed by atoms with Crippen LogP contribution >= 0.6 is 12.0 Å². The molecule has 0 saturated carbocycles. The Morgan fingerprint density at radius 2 is 1.32 bits per heavy atom. The molecule has 0 unspecified atom stereocenters. The first kappa shape index (κ1) is 51.0. The van der Waals surface area contributed by atoms with Crippen LogP contribution < -0.4 is 20.7 Å². The van der Waals surface area contributed by atoms with Crippen molar-refractivity contribution >= 4 is 115 Å². The lowest BCUT2D eigenvalue weighted by Crippen LogP contribution is -2.17. The Morgan fingerprint density at radius 1 is 0.662 bits per heavy atom. The number of azo groups is 2. The molecule has 0 atom stereocenters. The lowest BCUT2D eigenvalue weighted by Gasteiger charge is -2.15. The van der Waals surface area contributed by atoms with E-state index in [0.29, 0.717) is 33.6 Å².